The second-order valence-electron chi connectivity index (χ2n) is 6.05. The van der Waals surface area contributed by atoms with Crippen molar-refractivity contribution in [2.75, 3.05) is 0 Å². The standard InChI is InChI=1S/C19H22N2O2/c1-14-6-2-3-7-17(14)19(22)21-15-9-11-16(12-10-15)23-18-8-4-5-13-20-18/h2-8,13,15-16H,9-12H2,1H3,(H,21,22). The molecule has 0 radical (unpaired) electrons. The molecule has 0 spiro atoms. The van der Waals surface area contributed by atoms with E-state index in [0.717, 1.165) is 36.8 Å². The van der Waals surface area contributed by atoms with Gasteiger partial charge in [0, 0.05) is 23.9 Å². The van der Waals surface area contributed by atoms with Gasteiger partial charge in [0.2, 0.25) is 5.88 Å². The van der Waals surface area contributed by atoms with E-state index in [1.54, 1.807) is 6.20 Å². The normalized spacial score (nSPS) is 20.7. The van der Waals surface area contributed by atoms with Crippen molar-refractivity contribution in [3.63, 3.8) is 0 Å². The minimum absolute atomic E-state index is 0.0252. The van der Waals surface area contributed by atoms with E-state index in [1.165, 1.54) is 0 Å². The number of ether oxygens (including phenoxy) is 1. The molecular formula is C19H22N2O2. The summed E-state index contributed by atoms with van der Waals surface area (Å²) in [5, 5.41) is 3.15. The molecule has 1 saturated carbocycles. The molecule has 1 heterocycles. The first-order chi connectivity index (χ1) is 11.2. The van der Waals surface area contributed by atoms with Crippen LogP contribution >= 0.6 is 0 Å². The zero-order valence-corrected chi connectivity index (χ0v) is 13.4. The van der Waals surface area contributed by atoms with Crippen molar-refractivity contribution in [3.8, 4) is 5.88 Å². The topological polar surface area (TPSA) is 51.2 Å². The van der Waals surface area contributed by atoms with E-state index in [1.807, 2.05) is 49.4 Å². The number of aryl methyl sites for hydroxylation is 1. The summed E-state index contributed by atoms with van der Waals surface area (Å²) >= 11 is 0. The Kier molecular flexibility index (Phi) is 4.91. The summed E-state index contributed by atoms with van der Waals surface area (Å²) in [6.07, 6.45) is 5.69. The van der Waals surface area contributed by atoms with E-state index in [-0.39, 0.29) is 18.1 Å². The fraction of sp³-hybridized carbons (Fsp3) is 0.368. The van der Waals surface area contributed by atoms with E-state index >= 15 is 0 Å². The maximum atomic E-state index is 12.4. The van der Waals surface area contributed by atoms with Gasteiger partial charge in [-0.2, -0.15) is 0 Å². The van der Waals surface area contributed by atoms with Crippen LogP contribution in [0, 0.1) is 6.92 Å². The number of benzene rings is 1. The molecule has 1 aromatic carbocycles. The smallest absolute Gasteiger partial charge is 0.251 e. The number of pyridine rings is 1. The number of hydrogen-bond acceptors (Lipinski definition) is 3. The lowest BCUT2D eigenvalue weighted by molar-refractivity contribution is 0.0889. The van der Waals surface area contributed by atoms with E-state index < -0.39 is 0 Å². The van der Waals surface area contributed by atoms with Gasteiger partial charge < -0.3 is 10.1 Å². The first-order valence-electron chi connectivity index (χ1n) is 8.16. The van der Waals surface area contributed by atoms with Gasteiger partial charge in [-0.25, -0.2) is 4.98 Å². The van der Waals surface area contributed by atoms with E-state index in [4.69, 9.17) is 4.74 Å². The van der Waals surface area contributed by atoms with Crippen LogP contribution in [0.4, 0.5) is 0 Å². The lowest BCUT2D eigenvalue weighted by atomic mass is 9.92. The molecule has 3 rings (SSSR count). The van der Waals surface area contributed by atoms with Gasteiger partial charge in [0.15, 0.2) is 0 Å². The third-order valence-corrected chi connectivity index (χ3v) is 4.32. The Balaban J connectivity index is 1.49. The highest BCUT2D eigenvalue weighted by atomic mass is 16.5. The molecule has 1 aromatic heterocycles. The summed E-state index contributed by atoms with van der Waals surface area (Å²) in [6, 6.07) is 13.6. The van der Waals surface area contributed by atoms with Crippen LogP contribution < -0.4 is 10.1 Å². The number of carbonyl (C=O) groups excluding carboxylic acids is 1. The van der Waals surface area contributed by atoms with Crippen LogP contribution in [0.25, 0.3) is 0 Å². The lowest BCUT2D eigenvalue weighted by Gasteiger charge is -2.29. The average Bonchev–Trinajstić information content (AvgIpc) is 2.58. The lowest BCUT2D eigenvalue weighted by Crippen LogP contribution is -2.40. The summed E-state index contributed by atoms with van der Waals surface area (Å²) in [5.41, 5.74) is 1.77. The van der Waals surface area contributed by atoms with E-state index in [9.17, 15) is 4.79 Å². The second kappa shape index (κ2) is 7.27. The maximum Gasteiger partial charge on any atom is 0.251 e. The van der Waals surface area contributed by atoms with Gasteiger partial charge in [-0.1, -0.05) is 24.3 Å². The zero-order valence-electron chi connectivity index (χ0n) is 13.4. The fourth-order valence-electron chi connectivity index (χ4n) is 3.00. The Labute approximate surface area is 136 Å². The van der Waals surface area contributed by atoms with Gasteiger partial charge in [0.05, 0.1) is 0 Å². The molecule has 0 saturated heterocycles. The Bertz CT molecular complexity index is 649. The van der Waals surface area contributed by atoms with Crippen LogP contribution in [0.2, 0.25) is 0 Å². The van der Waals surface area contributed by atoms with Crippen molar-refractivity contribution in [3.05, 3.63) is 59.8 Å². The summed E-state index contributed by atoms with van der Waals surface area (Å²) in [6.45, 7) is 1.96. The summed E-state index contributed by atoms with van der Waals surface area (Å²) in [5.74, 6) is 0.706. The Morgan fingerprint density at radius 2 is 1.83 bits per heavy atom. The minimum atomic E-state index is 0.0252. The molecule has 4 heteroatoms. The van der Waals surface area contributed by atoms with Crippen LogP contribution in [-0.2, 0) is 0 Å². The predicted molar refractivity (Wildman–Crippen MR) is 89.6 cm³/mol. The van der Waals surface area contributed by atoms with Crippen molar-refractivity contribution >= 4 is 5.91 Å². The van der Waals surface area contributed by atoms with Gasteiger partial charge in [-0.3, -0.25) is 4.79 Å². The summed E-state index contributed by atoms with van der Waals surface area (Å²) in [7, 11) is 0. The SMILES string of the molecule is Cc1ccccc1C(=O)NC1CCC(Oc2ccccn2)CC1. The van der Waals surface area contributed by atoms with Crippen LogP contribution in [0.5, 0.6) is 5.88 Å². The molecule has 1 aliphatic rings. The van der Waals surface area contributed by atoms with Crippen LogP contribution in [0.15, 0.2) is 48.7 Å². The second-order valence-corrected chi connectivity index (χ2v) is 6.05. The van der Waals surface area contributed by atoms with Crippen molar-refractivity contribution in [2.45, 2.75) is 44.8 Å². The van der Waals surface area contributed by atoms with E-state index in [2.05, 4.69) is 10.3 Å². The molecule has 0 aliphatic heterocycles. The van der Waals surface area contributed by atoms with Gasteiger partial charge in [0.25, 0.3) is 5.91 Å². The number of aromatic nitrogens is 1. The summed E-state index contributed by atoms with van der Waals surface area (Å²) in [4.78, 5) is 16.6. The highest BCUT2D eigenvalue weighted by Crippen LogP contribution is 2.23. The third-order valence-electron chi connectivity index (χ3n) is 4.32. The van der Waals surface area contributed by atoms with Crippen molar-refractivity contribution in [1.82, 2.24) is 10.3 Å². The molecule has 23 heavy (non-hydrogen) atoms. The minimum Gasteiger partial charge on any atom is -0.474 e. The highest BCUT2D eigenvalue weighted by molar-refractivity contribution is 5.95. The molecule has 0 unspecified atom stereocenters. The monoisotopic (exact) mass is 310 g/mol. The Morgan fingerprint density at radius 1 is 1.09 bits per heavy atom. The predicted octanol–water partition coefficient (Wildman–Crippen LogP) is 3.51. The summed E-state index contributed by atoms with van der Waals surface area (Å²) < 4.78 is 5.89. The number of hydrogen-bond donors (Lipinski definition) is 1. The molecule has 0 atom stereocenters. The van der Waals surface area contributed by atoms with Crippen molar-refractivity contribution in [1.29, 1.82) is 0 Å². The number of nitrogens with one attached hydrogen (secondary N) is 1. The van der Waals surface area contributed by atoms with Gasteiger partial charge in [-0.05, 0) is 50.3 Å². The molecule has 1 fully saturated rings. The first kappa shape index (κ1) is 15.5. The number of rotatable bonds is 4. The molecule has 0 bridgehead atoms. The van der Waals surface area contributed by atoms with Crippen LogP contribution in [0.3, 0.4) is 0 Å². The largest absolute Gasteiger partial charge is 0.474 e. The van der Waals surface area contributed by atoms with E-state index in [0.29, 0.717) is 5.88 Å². The van der Waals surface area contributed by atoms with Crippen LogP contribution in [0.1, 0.15) is 41.6 Å². The number of carbonyl (C=O) groups is 1. The molecule has 1 aliphatic carbocycles. The molecule has 1 N–H and O–H groups in total. The Morgan fingerprint density at radius 3 is 2.52 bits per heavy atom. The van der Waals surface area contributed by atoms with Gasteiger partial charge >= 0.3 is 0 Å². The van der Waals surface area contributed by atoms with Crippen LogP contribution in [-0.4, -0.2) is 23.0 Å². The zero-order chi connectivity index (χ0) is 16.1. The van der Waals surface area contributed by atoms with Gasteiger partial charge in [-0.15, -0.1) is 0 Å². The van der Waals surface area contributed by atoms with Crippen molar-refractivity contribution in [2.24, 2.45) is 0 Å². The molecular weight excluding hydrogens is 288 g/mol. The van der Waals surface area contributed by atoms with Gasteiger partial charge in [0.1, 0.15) is 6.10 Å². The average molecular weight is 310 g/mol. The molecule has 120 valence electrons. The Hall–Kier alpha value is -2.36. The highest BCUT2D eigenvalue weighted by Gasteiger charge is 2.24. The molecule has 4 nitrogen and oxygen atoms in total. The number of nitrogens with zero attached hydrogens (tertiary/aromatic N) is 1. The molecule has 1 amide bonds. The maximum absolute atomic E-state index is 12.4. The quantitative estimate of drug-likeness (QED) is 0.940. The molecule has 2 aromatic rings. The first-order valence-corrected chi connectivity index (χ1v) is 8.16. The third kappa shape index (κ3) is 4.09. The van der Waals surface area contributed by atoms with Crippen molar-refractivity contribution < 1.29 is 9.53 Å². The fourth-order valence-corrected chi connectivity index (χ4v) is 3.00. The number of amides is 1.